The Hall–Kier alpha value is -3.28. The van der Waals surface area contributed by atoms with Crippen molar-refractivity contribution in [1.82, 2.24) is 15.3 Å². The third-order valence-corrected chi connectivity index (χ3v) is 4.61. The third kappa shape index (κ3) is 4.11. The van der Waals surface area contributed by atoms with Crippen LogP contribution in [0.2, 0.25) is 0 Å². The van der Waals surface area contributed by atoms with Gasteiger partial charge in [-0.05, 0) is 42.5 Å². The van der Waals surface area contributed by atoms with E-state index < -0.39 is 5.97 Å². The first kappa shape index (κ1) is 17.1. The Kier molecular flexibility index (Phi) is 4.78. The summed E-state index contributed by atoms with van der Waals surface area (Å²) in [7, 11) is 0. The second-order valence-corrected chi connectivity index (χ2v) is 6.63. The lowest BCUT2D eigenvalue weighted by Crippen LogP contribution is -2.33. The maximum absolute atomic E-state index is 12.3. The van der Waals surface area contributed by atoms with E-state index >= 15 is 0 Å². The highest BCUT2D eigenvalue weighted by molar-refractivity contribution is 5.94. The van der Waals surface area contributed by atoms with Crippen molar-refractivity contribution in [2.24, 2.45) is 5.92 Å². The average Bonchev–Trinajstić information content (AvgIpc) is 3.55. The Morgan fingerprint density at radius 2 is 1.78 bits per heavy atom. The smallest absolute Gasteiger partial charge is 0.338 e. The average molecular weight is 361 g/mol. The number of esters is 1. The zero-order valence-electron chi connectivity index (χ0n) is 14.7. The summed E-state index contributed by atoms with van der Waals surface area (Å²) >= 11 is 0. The Labute approximate surface area is 156 Å². The van der Waals surface area contributed by atoms with Crippen molar-refractivity contribution in [2.75, 3.05) is 6.61 Å². The number of nitrogens with zero attached hydrogens (tertiary/aromatic N) is 2. The lowest BCUT2D eigenvalue weighted by Gasteiger charge is -2.18. The first-order chi connectivity index (χ1) is 13.2. The van der Waals surface area contributed by atoms with Gasteiger partial charge >= 0.3 is 5.97 Å². The zero-order chi connectivity index (χ0) is 18.6. The Balaban J connectivity index is 1.37. The molecule has 0 bridgehead atoms. The van der Waals surface area contributed by atoms with Crippen molar-refractivity contribution in [3.05, 3.63) is 72.1 Å². The summed E-state index contributed by atoms with van der Waals surface area (Å²) in [6.07, 6.45) is 5.34. The Bertz CT molecular complexity index is 971. The molecule has 1 aliphatic carbocycles. The van der Waals surface area contributed by atoms with Crippen LogP contribution in [-0.2, 0) is 9.53 Å². The molecule has 1 aromatic heterocycles. The molecular weight excluding hydrogens is 342 g/mol. The topological polar surface area (TPSA) is 81.2 Å². The molecule has 1 heterocycles. The molecule has 6 nitrogen and oxygen atoms in total. The highest BCUT2D eigenvalue weighted by atomic mass is 16.5. The molecule has 1 fully saturated rings. The molecule has 1 unspecified atom stereocenters. The summed E-state index contributed by atoms with van der Waals surface area (Å²) in [5.74, 6) is -0.406. The number of amides is 1. The number of rotatable bonds is 6. The van der Waals surface area contributed by atoms with Crippen LogP contribution in [0.4, 0.5) is 0 Å². The Morgan fingerprint density at radius 1 is 1.04 bits per heavy atom. The number of hydrogen-bond donors (Lipinski definition) is 1. The number of ether oxygens (including phenoxy) is 1. The summed E-state index contributed by atoms with van der Waals surface area (Å²) in [5, 5.41) is 2.99. The molecule has 1 saturated carbocycles. The molecule has 1 N–H and O–H groups in total. The van der Waals surface area contributed by atoms with Gasteiger partial charge < -0.3 is 10.1 Å². The SMILES string of the molecule is O=C(COC(=O)c1ccc2nccnc2c1)NC(c1ccccc1)C1CC1. The summed E-state index contributed by atoms with van der Waals surface area (Å²) in [6.45, 7) is -0.312. The minimum atomic E-state index is -0.555. The number of fused-ring (bicyclic) bond motifs is 1. The standard InChI is InChI=1S/C21H19N3O3/c25-19(24-20(15-6-7-15)14-4-2-1-3-5-14)13-27-21(26)16-8-9-17-18(12-16)23-11-10-22-17/h1-5,8-12,15,20H,6-7,13H2,(H,24,25). The molecule has 3 aromatic rings. The van der Waals surface area contributed by atoms with E-state index in [0.29, 0.717) is 22.5 Å². The molecule has 1 atom stereocenters. The van der Waals surface area contributed by atoms with E-state index in [0.717, 1.165) is 18.4 Å². The first-order valence-corrected chi connectivity index (χ1v) is 8.93. The molecule has 1 amide bonds. The highest BCUT2D eigenvalue weighted by Gasteiger charge is 2.33. The number of benzene rings is 2. The monoisotopic (exact) mass is 361 g/mol. The molecule has 0 radical (unpaired) electrons. The van der Waals surface area contributed by atoms with Gasteiger partial charge in [0.05, 0.1) is 22.6 Å². The maximum Gasteiger partial charge on any atom is 0.338 e. The summed E-state index contributed by atoms with van der Waals surface area (Å²) in [4.78, 5) is 32.9. The number of carbonyl (C=O) groups excluding carboxylic acids is 2. The second kappa shape index (κ2) is 7.53. The van der Waals surface area contributed by atoms with E-state index in [2.05, 4.69) is 15.3 Å². The van der Waals surface area contributed by atoms with Crippen molar-refractivity contribution in [2.45, 2.75) is 18.9 Å². The van der Waals surface area contributed by atoms with Gasteiger partial charge in [-0.3, -0.25) is 14.8 Å². The van der Waals surface area contributed by atoms with Gasteiger partial charge in [-0.25, -0.2) is 4.79 Å². The number of nitrogens with one attached hydrogen (secondary N) is 1. The van der Waals surface area contributed by atoms with Gasteiger partial charge in [-0.1, -0.05) is 30.3 Å². The predicted molar refractivity (Wildman–Crippen MR) is 99.9 cm³/mol. The molecule has 136 valence electrons. The van der Waals surface area contributed by atoms with Gasteiger partial charge in [-0.2, -0.15) is 0 Å². The first-order valence-electron chi connectivity index (χ1n) is 8.93. The van der Waals surface area contributed by atoms with Crippen LogP contribution in [0.1, 0.15) is 34.8 Å². The van der Waals surface area contributed by atoms with Crippen LogP contribution < -0.4 is 5.32 Å². The van der Waals surface area contributed by atoms with Crippen molar-refractivity contribution in [1.29, 1.82) is 0 Å². The van der Waals surface area contributed by atoms with E-state index in [1.54, 1.807) is 30.6 Å². The molecular formula is C21H19N3O3. The number of hydrogen-bond acceptors (Lipinski definition) is 5. The quantitative estimate of drug-likeness (QED) is 0.683. The minimum Gasteiger partial charge on any atom is -0.452 e. The molecule has 0 spiro atoms. The summed E-state index contributed by atoms with van der Waals surface area (Å²) in [6, 6.07) is 14.8. The molecule has 27 heavy (non-hydrogen) atoms. The van der Waals surface area contributed by atoms with Crippen molar-refractivity contribution < 1.29 is 14.3 Å². The normalized spacial score (nSPS) is 14.5. The fraction of sp³-hybridized carbons (Fsp3) is 0.238. The van der Waals surface area contributed by atoms with Gasteiger partial charge in [-0.15, -0.1) is 0 Å². The van der Waals surface area contributed by atoms with Gasteiger partial charge in [0.1, 0.15) is 0 Å². The van der Waals surface area contributed by atoms with Crippen molar-refractivity contribution in [3.63, 3.8) is 0 Å². The minimum absolute atomic E-state index is 0.0339. The number of aromatic nitrogens is 2. The van der Waals surface area contributed by atoms with Crippen LogP contribution in [0.5, 0.6) is 0 Å². The van der Waals surface area contributed by atoms with Crippen LogP contribution in [0.25, 0.3) is 11.0 Å². The van der Waals surface area contributed by atoms with Crippen LogP contribution in [0, 0.1) is 5.92 Å². The van der Waals surface area contributed by atoms with E-state index in [4.69, 9.17) is 4.74 Å². The van der Waals surface area contributed by atoms with Crippen molar-refractivity contribution >= 4 is 22.9 Å². The second-order valence-electron chi connectivity index (χ2n) is 6.63. The lowest BCUT2D eigenvalue weighted by atomic mass is 10.0. The van der Waals surface area contributed by atoms with Crippen LogP contribution in [0.3, 0.4) is 0 Å². The lowest BCUT2D eigenvalue weighted by molar-refractivity contribution is -0.125. The predicted octanol–water partition coefficient (Wildman–Crippen LogP) is 3.05. The van der Waals surface area contributed by atoms with Gasteiger partial charge in [0.15, 0.2) is 6.61 Å². The molecule has 2 aromatic carbocycles. The molecule has 0 aliphatic heterocycles. The van der Waals surface area contributed by atoms with Crippen LogP contribution in [0.15, 0.2) is 60.9 Å². The maximum atomic E-state index is 12.3. The van der Waals surface area contributed by atoms with E-state index in [1.807, 2.05) is 30.3 Å². The van der Waals surface area contributed by atoms with Gasteiger partial charge in [0.25, 0.3) is 5.91 Å². The van der Waals surface area contributed by atoms with E-state index in [-0.39, 0.29) is 18.6 Å². The highest BCUT2D eigenvalue weighted by Crippen LogP contribution is 2.40. The fourth-order valence-corrected chi connectivity index (χ4v) is 3.08. The third-order valence-electron chi connectivity index (χ3n) is 4.61. The summed E-state index contributed by atoms with van der Waals surface area (Å²) in [5.41, 5.74) is 2.72. The van der Waals surface area contributed by atoms with Crippen LogP contribution >= 0.6 is 0 Å². The van der Waals surface area contributed by atoms with Crippen LogP contribution in [-0.4, -0.2) is 28.5 Å². The molecule has 1 aliphatic rings. The van der Waals surface area contributed by atoms with E-state index in [9.17, 15) is 9.59 Å². The fourth-order valence-electron chi connectivity index (χ4n) is 3.08. The van der Waals surface area contributed by atoms with Crippen molar-refractivity contribution in [3.8, 4) is 0 Å². The largest absolute Gasteiger partial charge is 0.452 e. The van der Waals surface area contributed by atoms with Gasteiger partial charge in [0, 0.05) is 12.4 Å². The summed E-state index contributed by atoms with van der Waals surface area (Å²) < 4.78 is 5.18. The molecule has 0 saturated heterocycles. The van der Waals surface area contributed by atoms with E-state index in [1.165, 1.54) is 0 Å². The zero-order valence-corrected chi connectivity index (χ0v) is 14.7. The molecule has 4 rings (SSSR count). The Morgan fingerprint density at radius 3 is 2.52 bits per heavy atom. The van der Waals surface area contributed by atoms with Gasteiger partial charge in [0.2, 0.25) is 0 Å². The molecule has 6 heteroatoms. The number of carbonyl (C=O) groups is 2.